The van der Waals surface area contributed by atoms with Crippen LogP contribution in [-0.4, -0.2) is 54.6 Å². The van der Waals surface area contributed by atoms with E-state index in [0.717, 1.165) is 0 Å². The topological polar surface area (TPSA) is 111 Å². The number of nitrogens with zero attached hydrogens (tertiary/aromatic N) is 5. The Morgan fingerprint density at radius 1 is 1.22 bits per heavy atom. The van der Waals surface area contributed by atoms with Crippen molar-refractivity contribution in [3.05, 3.63) is 77.8 Å². The zero-order chi connectivity index (χ0) is 22.1. The van der Waals surface area contributed by atoms with Crippen molar-refractivity contribution in [3.63, 3.8) is 0 Å². The highest BCUT2D eigenvalue weighted by Gasteiger charge is 2.35. The zero-order valence-electron chi connectivity index (χ0n) is 17.2. The summed E-state index contributed by atoms with van der Waals surface area (Å²) in [6.45, 7) is 2.94. The van der Waals surface area contributed by atoms with Crippen LogP contribution in [0.15, 0.2) is 55.1 Å². The number of imidazole rings is 1. The molecule has 32 heavy (non-hydrogen) atoms. The van der Waals surface area contributed by atoms with Gasteiger partial charge in [0.1, 0.15) is 29.4 Å². The first-order valence-corrected chi connectivity index (χ1v) is 10.0. The number of benzene rings is 1. The fourth-order valence-corrected chi connectivity index (χ4v) is 3.47. The van der Waals surface area contributed by atoms with Crippen molar-refractivity contribution in [3.8, 4) is 17.2 Å². The lowest BCUT2D eigenvalue weighted by Crippen LogP contribution is -2.59. The minimum Gasteiger partial charge on any atom is -0.376 e. The quantitative estimate of drug-likeness (QED) is 0.483. The molecule has 0 bridgehead atoms. The highest BCUT2D eigenvalue weighted by molar-refractivity contribution is 5.94. The van der Waals surface area contributed by atoms with Gasteiger partial charge in [-0.05, 0) is 30.7 Å². The van der Waals surface area contributed by atoms with Gasteiger partial charge in [-0.25, -0.2) is 14.4 Å². The molecule has 1 aromatic carbocycles. The standard InChI is InChI=1S/C22H20FN7O2/c1-22(11-32-12-22)26-21(31)15-6-7-19(24-9-15)30-10-18(25-13-30)20-17(27-29-28-20)8-14-4-2-3-5-16(14)23/h2-7,9-10,13H,8,11-12H2,1H3,(H,26,31)(H,27,28,29). The van der Waals surface area contributed by atoms with Crippen molar-refractivity contribution in [1.82, 2.24) is 35.3 Å². The van der Waals surface area contributed by atoms with E-state index >= 15 is 0 Å². The number of carbonyl (C=O) groups is 1. The molecule has 162 valence electrons. The maximum atomic E-state index is 14.0. The summed E-state index contributed by atoms with van der Waals surface area (Å²) in [6.07, 6.45) is 5.17. The first-order chi connectivity index (χ1) is 15.5. The Labute approximate surface area is 182 Å². The van der Waals surface area contributed by atoms with Crippen LogP contribution in [0.1, 0.15) is 28.5 Å². The highest BCUT2D eigenvalue weighted by Crippen LogP contribution is 2.22. The van der Waals surface area contributed by atoms with Crippen LogP contribution < -0.4 is 5.32 Å². The summed E-state index contributed by atoms with van der Waals surface area (Å²) in [6, 6.07) is 10.0. The summed E-state index contributed by atoms with van der Waals surface area (Å²) in [5.74, 6) is 0.110. The molecule has 1 fully saturated rings. The Balaban J connectivity index is 1.33. The van der Waals surface area contributed by atoms with Crippen LogP contribution in [0.5, 0.6) is 0 Å². The van der Waals surface area contributed by atoms with E-state index in [9.17, 15) is 9.18 Å². The molecule has 5 rings (SSSR count). The van der Waals surface area contributed by atoms with E-state index in [2.05, 4.69) is 30.7 Å². The van der Waals surface area contributed by atoms with Gasteiger partial charge in [0.15, 0.2) is 0 Å². The average Bonchev–Trinajstić information content (AvgIpc) is 3.44. The predicted octanol–water partition coefficient (Wildman–Crippen LogP) is 2.30. The normalized spacial score (nSPS) is 14.7. The van der Waals surface area contributed by atoms with Gasteiger partial charge in [0, 0.05) is 18.8 Å². The Bertz CT molecular complexity index is 1260. The third kappa shape index (κ3) is 3.87. The number of amides is 1. The Hall–Kier alpha value is -3.92. The van der Waals surface area contributed by atoms with Crippen molar-refractivity contribution >= 4 is 5.91 Å². The van der Waals surface area contributed by atoms with Gasteiger partial charge in [0.2, 0.25) is 0 Å². The third-order valence-electron chi connectivity index (χ3n) is 5.29. The summed E-state index contributed by atoms with van der Waals surface area (Å²) in [7, 11) is 0. The fourth-order valence-electron chi connectivity index (χ4n) is 3.47. The molecule has 1 amide bonds. The van der Waals surface area contributed by atoms with Gasteiger partial charge in [-0.3, -0.25) is 9.36 Å². The Morgan fingerprint density at radius 2 is 2.06 bits per heavy atom. The second-order valence-corrected chi connectivity index (χ2v) is 7.97. The number of hydrogen-bond acceptors (Lipinski definition) is 6. The molecule has 0 aliphatic carbocycles. The molecule has 3 aromatic heterocycles. The number of hydrogen-bond donors (Lipinski definition) is 2. The molecule has 0 unspecified atom stereocenters. The SMILES string of the molecule is CC1(NC(=O)c2ccc(-n3cnc(-c4n[nH]nc4Cc4ccccc4F)c3)nc2)COC1. The number of ether oxygens (including phenoxy) is 1. The molecule has 4 heterocycles. The molecule has 1 aliphatic rings. The van der Waals surface area contributed by atoms with Crippen LogP contribution in [0, 0.1) is 5.82 Å². The van der Waals surface area contributed by atoms with Crippen LogP contribution in [-0.2, 0) is 11.2 Å². The Morgan fingerprint density at radius 3 is 2.78 bits per heavy atom. The van der Waals surface area contributed by atoms with E-state index in [0.29, 0.717) is 47.2 Å². The second-order valence-electron chi connectivity index (χ2n) is 7.97. The second kappa shape index (κ2) is 7.97. The number of carbonyl (C=O) groups excluding carboxylic acids is 1. The summed E-state index contributed by atoms with van der Waals surface area (Å²) in [5, 5.41) is 13.9. The van der Waals surface area contributed by atoms with Gasteiger partial charge in [0.05, 0.1) is 30.0 Å². The maximum absolute atomic E-state index is 14.0. The summed E-state index contributed by atoms with van der Waals surface area (Å²) >= 11 is 0. The van der Waals surface area contributed by atoms with Crippen LogP contribution in [0.4, 0.5) is 4.39 Å². The number of rotatable bonds is 6. The average molecular weight is 433 g/mol. The van der Waals surface area contributed by atoms with Crippen LogP contribution in [0.25, 0.3) is 17.2 Å². The van der Waals surface area contributed by atoms with E-state index in [1.807, 2.05) is 6.92 Å². The summed E-state index contributed by atoms with van der Waals surface area (Å²) < 4.78 is 20.9. The van der Waals surface area contributed by atoms with Gasteiger partial charge in [0.25, 0.3) is 5.91 Å². The molecule has 0 saturated carbocycles. The number of halogens is 1. The van der Waals surface area contributed by atoms with Gasteiger partial charge in [-0.15, -0.1) is 0 Å². The van der Waals surface area contributed by atoms with Crippen LogP contribution in [0.2, 0.25) is 0 Å². The van der Waals surface area contributed by atoms with Crippen molar-refractivity contribution in [1.29, 1.82) is 0 Å². The zero-order valence-corrected chi connectivity index (χ0v) is 17.2. The lowest BCUT2D eigenvalue weighted by molar-refractivity contribution is -0.0593. The number of nitrogens with one attached hydrogen (secondary N) is 2. The van der Waals surface area contributed by atoms with Crippen molar-refractivity contribution in [2.45, 2.75) is 18.9 Å². The first-order valence-electron chi connectivity index (χ1n) is 10.0. The smallest absolute Gasteiger partial charge is 0.253 e. The highest BCUT2D eigenvalue weighted by atomic mass is 19.1. The lowest BCUT2D eigenvalue weighted by atomic mass is 10.0. The molecular weight excluding hydrogens is 413 g/mol. The molecule has 1 aliphatic heterocycles. The third-order valence-corrected chi connectivity index (χ3v) is 5.29. The lowest BCUT2D eigenvalue weighted by Gasteiger charge is -2.38. The molecule has 0 spiro atoms. The van der Waals surface area contributed by atoms with Crippen molar-refractivity contribution in [2.24, 2.45) is 0 Å². The number of pyridine rings is 1. The van der Waals surface area contributed by atoms with Crippen LogP contribution in [0.3, 0.4) is 0 Å². The van der Waals surface area contributed by atoms with E-state index in [4.69, 9.17) is 4.74 Å². The van der Waals surface area contributed by atoms with Gasteiger partial charge < -0.3 is 10.1 Å². The van der Waals surface area contributed by atoms with Gasteiger partial charge in [-0.1, -0.05) is 18.2 Å². The molecule has 10 heteroatoms. The molecule has 0 atom stereocenters. The van der Waals surface area contributed by atoms with Crippen molar-refractivity contribution in [2.75, 3.05) is 13.2 Å². The number of H-pyrrole nitrogens is 1. The van der Waals surface area contributed by atoms with E-state index in [1.165, 1.54) is 12.3 Å². The van der Waals surface area contributed by atoms with Crippen LogP contribution >= 0.6 is 0 Å². The monoisotopic (exact) mass is 433 g/mol. The minimum atomic E-state index is -0.326. The molecule has 1 saturated heterocycles. The molecule has 2 N–H and O–H groups in total. The maximum Gasteiger partial charge on any atom is 0.253 e. The van der Waals surface area contributed by atoms with E-state index in [1.54, 1.807) is 47.4 Å². The number of aromatic nitrogens is 6. The molecular formula is C22H20FN7O2. The predicted molar refractivity (Wildman–Crippen MR) is 113 cm³/mol. The molecule has 0 radical (unpaired) electrons. The largest absolute Gasteiger partial charge is 0.376 e. The van der Waals surface area contributed by atoms with E-state index in [-0.39, 0.29) is 23.7 Å². The molecule has 9 nitrogen and oxygen atoms in total. The van der Waals surface area contributed by atoms with Gasteiger partial charge >= 0.3 is 0 Å². The summed E-state index contributed by atoms with van der Waals surface area (Å²) in [5.41, 5.74) is 2.37. The number of aromatic amines is 1. The summed E-state index contributed by atoms with van der Waals surface area (Å²) in [4.78, 5) is 21.2. The fraction of sp³-hybridized carbons (Fsp3) is 0.227. The van der Waals surface area contributed by atoms with Gasteiger partial charge in [-0.2, -0.15) is 15.4 Å². The Kier molecular flexibility index (Phi) is 4.98. The minimum absolute atomic E-state index is 0.193. The molecule has 4 aromatic rings. The first kappa shape index (κ1) is 20.0. The van der Waals surface area contributed by atoms with Crippen molar-refractivity contribution < 1.29 is 13.9 Å². The van der Waals surface area contributed by atoms with E-state index < -0.39 is 0 Å².